The summed E-state index contributed by atoms with van der Waals surface area (Å²) < 4.78 is 0. The van der Waals surface area contributed by atoms with Crippen molar-refractivity contribution < 1.29 is 0 Å². The molecule has 0 bridgehead atoms. The number of nitrogens with zero attached hydrogens (tertiary/aromatic N) is 2. The molecule has 0 saturated heterocycles. The highest BCUT2D eigenvalue weighted by molar-refractivity contribution is 6.86. The van der Waals surface area contributed by atoms with Gasteiger partial charge in [0, 0.05) is 36.3 Å². The van der Waals surface area contributed by atoms with E-state index in [9.17, 15) is 0 Å². The molecule has 0 N–H and O–H groups in total. The molecule has 2 nitrogen and oxygen atoms in total. The third-order valence-electron chi connectivity index (χ3n) is 13.9. The van der Waals surface area contributed by atoms with Gasteiger partial charge in [-0.15, -0.1) is 0 Å². The molecule has 0 aromatic heterocycles. The first-order chi connectivity index (χ1) is 22.1. The lowest BCUT2D eigenvalue weighted by Gasteiger charge is -2.48. The van der Waals surface area contributed by atoms with Crippen molar-refractivity contribution in [2.45, 2.75) is 229 Å². The van der Waals surface area contributed by atoms with Crippen LogP contribution in [0.2, 0.25) is 13.1 Å². The molecule has 6 aliphatic carbocycles. The van der Waals surface area contributed by atoms with Gasteiger partial charge in [0.25, 0.3) is 0 Å². The van der Waals surface area contributed by atoms with Gasteiger partial charge in [0.05, 0.1) is 8.07 Å². The average molecular weight is 635 g/mol. The molecule has 0 amide bonds. The van der Waals surface area contributed by atoms with Crippen molar-refractivity contribution in [3.63, 3.8) is 0 Å². The van der Waals surface area contributed by atoms with Gasteiger partial charge < -0.3 is 0 Å². The van der Waals surface area contributed by atoms with Gasteiger partial charge in [0.2, 0.25) is 0 Å². The highest BCUT2D eigenvalue weighted by Gasteiger charge is 2.37. The van der Waals surface area contributed by atoms with Crippen molar-refractivity contribution in [1.29, 1.82) is 0 Å². The third-order valence-corrected chi connectivity index (χ3v) is 16.0. The third kappa shape index (κ3) is 9.84. The van der Waals surface area contributed by atoms with E-state index in [1.54, 1.807) is 0 Å². The van der Waals surface area contributed by atoms with Crippen molar-refractivity contribution in [3.05, 3.63) is 23.6 Å². The summed E-state index contributed by atoms with van der Waals surface area (Å²) in [6.07, 6.45) is 46.8. The van der Waals surface area contributed by atoms with E-state index in [2.05, 4.69) is 46.4 Å². The molecule has 6 fully saturated rings. The molecule has 6 saturated carbocycles. The molecule has 3 heteroatoms. The van der Waals surface area contributed by atoms with Crippen LogP contribution in [0.1, 0.15) is 180 Å². The molecule has 0 aromatic carbocycles. The molecule has 0 unspecified atom stereocenters. The predicted molar refractivity (Wildman–Crippen MR) is 198 cm³/mol. The zero-order chi connectivity index (χ0) is 30.9. The predicted octanol–water partition coefficient (Wildman–Crippen LogP) is 11.9. The molecule has 0 heterocycles. The van der Waals surface area contributed by atoms with Gasteiger partial charge in [-0.3, -0.25) is 9.80 Å². The Hall–Kier alpha value is -0.383. The minimum atomic E-state index is -1.44. The van der Waals surface area contributed by atoms with Crippen LogP contribution in [0.4, 0.5) is 0 Å². The maximum atomic E-state index is 3.15. The van der Waals surface area contributed by atoms with Crippen LogP contribution < -0.4 is 0 Å². The van der Waals surface area contributed by atoms with Gasteiger partial charge in [0.15, 0.2) is 0 Å². The molecule has 256 valence electrons. The van der Waals surface area contributed by atoms with Crippen LogP contribution >= 0.6 is 0 Å². The molecule has 0 aromatic rings. The second-order valence-electron chi connectivity index (χ2n) is 17.7. The van der Waals surface area contributed by atoms with Gasteiger partial charge in [-0.2, -0.15) is 0 Å². The summed E-state index contributed by atoms with van der Waals surface area (Å²) >= 11 is 0. The Kier molecular flexibility index (Phi) is 13.3. The van der Waals surface area contributed by atoms with Crippen LogP contribution in [-0.2, 0) is 0 Å². The maximum absolute atomic E-state index is 3.15. The largest absolute Gasteiger partial charge is 0.294 e. The molecule has 0 spiro atoms. The van der Waals surface area contributed by atoms with E-state index in [4.69, 9.17) is 0 Å². The summed E-state index contributed by atoms with van der Waals surface area (Å²) in [6, 6.07) is 5.41. The average Bonchev–Trinajstić information content (AvgIpc) is 3.10. The van der Waals surface area contributed by atoms with E-state index in [-0.39, 0.29) is 0 Å². The standard InChI is InChI=1S/C42H74N2Si/c1-45(2,33-31-35-23-27-41(28-24-35)43(37-15-7-3-8-16-37)38-17-9-4-10-18-38)34-32-36-25-29-42(30-26-36)44(39-19-11-5-12-20-39)40-21-13-6-14-22-40/h31-42H,3-30H2,1-2H3. The maximum Gasteiger partial charge on any atom is 0.0947 e. The number of allylic oxidation sites excluding steroid dienone is 2. The van der Waals surface area contributed by atoms with Crippen LogP contribution in [0.25, 0.3) is 0 Å². The van der Waals surface area contributed by atoms with Crippen LogP contribution in [0.3, 0.4) is 0 Å². The molecular weight excluding hydrogens is 561 g/mol. The van der Waals surface area contributed by atoms with E-state index < -0.39 is 8.07 Å². The summed E-state index contributed by atoms with van der Waals surface area (Å²) in [4.78, 5) is 6.30. The van der Waals surface area contributed by atoms with Crippen LogP contribution in [-0.4, -0.2) is 54.1 Å². The van der Waals surface area contributed by atoms with Gasteiger partial charge in [-0.1, -0.05) is 114 Å². The van der Waals surface area contributed by atoms with E-state index in [1.807, 2.05) is 0 Å². The van der Waals surface area contributed by atoms with E-state index in [0.29, 0.717) is 0 Å². The second-order valence-corrected chi connectivity index (χ2v) is 22.0. The van der Waals surface area contributed by atoms with E-state index in [0.717, 1.165) is 48.1 Å². The number of hydrogen-bond acceptors (Lipinski definition) is 2. The van der Waals surface area contributed by atoms with Crippen LogP contribution in [0.15, 0.2) is 23.6 Å². The Morgan fingerprint density at radius 3 is 0.844 bits per heavy atom. The summed E-state index contributed by atoms with van der Waals surface area (Å²) in [7, 11) is -1.44. The Bertz CT molecular complexity index is 778. The smallest absolute Gasteiger partial charge is 0.0947 e. The first kappa shape index (κ1) is 34.5. The minimum absolute atomic E-state index is 0.835. The lowest BCUT2D eigenvalue weighted by atomic mass is 9.81. The monoisotopic (exact) mass is 635 g/mol. The molecule has 0 atom stereocenters. The van der Waals surface area contributed by atoms with Crippen molar-refractivity contribution in [2.24, 2.45) is 11.8 Å². The summed E-state index contributed by atoms with van der Waals surface area (Å²) in [6.45, 7) is 5.19. The zero-order valence-electron chi connectivity index (χ0n) is 30.1. The lowest BCUT2D eigenvalue weighted by Crippen LogP contribution is -2.51. The fraction of sp³-hybridized carbons (Fsp3) is 0.905. The molecule has 0 aliphatic heterocycles. The second kappa shape index (κ2) is 17.3. The Labute approximate surface area is 281 Å². The molecule has 0 radical (unpaired) electrons. The highest BCUT2D eigenvalue weighted by Crippen LogP contribution is 2.39. The Morgan fingerprint density at radius 1 is 0.333 bits per heavy atom. The normalized spacial score (nSPS) is 33.2. The topological polar surface area (TPSA) is 6.48 Å². The van der Waals surface area contributed by atoms with Crippen LogP contribution in [0.5, 0.6) is 0 Å². The number of hydrogen-bond donors (Lipinski definition) is 0. The quantitative estimate of drug-likeness (QED) is 0.221. The zero-order valence-corrected chi connectivity index (χ0v) is 31.1. The van der Waals surface area contributed by atoms with Gasteiger partial charge >= 0.3 is 0 Å². The minimum Gasteiger partial charge on any atom is -0.294 e. The van der Waals surface area contributed by atoms with E-state index in [1.165, 1.54) is 180 Å². The summed E-state index contributed by atoms with van der Waals surface area (Å²) in [5.41, 5.74) is 5.46. The first-order valence-electron chi connectivity index (χ1n) is 21.0. The van der Waals surface area contributed by atoms with E-state index >= 15 is 0 Å². The lowest BCUT2D eigenvalue weighted by molar-refractivity contribution is 0.0182. The van der Waals surface area contributed by atoms with Gasteiger partial charge in [-0.05, 0) is 115 Å². The molecular formula is C42H74N2Si. The summed E-state index contributed by atoms with van der Waals surface area (Å²) in [5.74, 6) is 1.67. The first-order valence-corrected chi connectivity index (χ1v) is 24.1. The fourth-order valence-corrected chi connectivity index (χ4v) is 13.0. The highest BCUT2D eigenvalue weighted by atomic mass is 28.3. The number of rotatable bonds is 10. The summed E-state index contributed by atoms with van der Waals surface area (Å²) in [5, 5.41) is 0. The Morgan fingerprint density at radius 2 is 0.578 bits per heavy atom. The van der Waals surface area contributed by atoms with Gasteiger partial charge in [-0.25, -0.2) is 0 Å². The van der Waals surface area contributed by atoms with Crippen molar-refractivity contribution in [1.82, 2.24) is 9.80 Å². The molecule has 6 rings (SSSR count). The molecule has 45 heavy (non-hydrogen) atoms. The SMILES string of the molecule is C[Si](C)(C=CC1CCC(N(C2CCCCC2)C2CCCCC2)CC1)C=CC1CCC(N(C2CCCCC2)C2CCCCC2)CC1. The Balaban J connectivity index is 0.972. The fourth-order valence-electron chi connectivity index (χ4n) is 11.3. The molecule has 6 aliphatic rings. The van der Waals surface area contributed by atoms with Gasteiger partial charge in [0.1, 0.15) is 0 Å². The van der Waals surface area contributed by atoms with Crippen molar-refractivity contribution >= 4 is 8.07 Å². The van der Waals surface area contributed by atoms with Crippen molar-refractivity contribution in [2.75, 3.05) is 0 Å². The van der Waals surface area contributed by atoms with Crippen molar-refractivity contribution in [3.8, 4) is 0 Å². The van der Waals surface area contributed by atoms with Crippen LogP contribution in [0, 0.1) is 11.8 Å².